The zero-order chi connectivity index (χ0) is 37.5. The lowest BCUT2D eigenvalue weighted by Gasteiger charge is -2.19. The standard InChI is InChI=1S/C52H33N5/c1-3-23-39-33(17-1)34-18-2-4-24-40(34)49(39)41-25-5-6-26-42(41)50-53-51(55-52(54-50)57-46-30-14-9-21-37(46)38-22-10-15-31-47(38)57)43-27-11-16-32-48(43)56-44-28-12-7-19-35(44)36-20-8-13-29-45(36)56/h1-32,49H. The third kappa shape index (κ3) is 4.72. The van der Waals surface area contributed by atoms with Gasteiger partial charge in [-0.2, -0.15) is 9.97 Å². The molecular formula is C52H33N5. The van der Waals surface area contributed by atoms with Crippen molar-refractivity contribution in [2.24, 2.45) is 0 Å². The number of hydrogen-bond donors (Lipinski definition) is 0. The lowest BCUT2D eigenvalue weighted by atomic mass is 9.86. The summed E-state index contributed by atoms with van der Waals surface area (Å²) >= 11 is 0. The zero-order valence-electron chi connectivity index (χ0n) is 30.8. The highest BCUT2D eigenvalue weighted by Gasteiger charge is 2.32. The molecule has 0 saturated carbocycles. The number of fused-ring (bicyclic) bond motifs is 9. The molecule has 0 saturated heterocycles. The lowest BCUT2D eigenvalue weighted by molar-refractivity contribution is 0.943. The third-order valence-corrected chi connectivity index (χ3v) is 11.7. The quantitative estimate of drug-likeness (QED) is 0.177. The largest absolute Gasteiger partial charge is 0.309 e. The summed E-state index contributed by atoms with van der Waals surface area (Å²) in [5.74, 6) is 1.84. The first-order valence-corrected chi connectivity index (χ1v) is 19.4. The molecule has 0 N–H and O–H groups in total. The second-order valence-corrected chi connectivity index (χ2v) is 14.7. The molecule has 11 aromatic rings. The Balaban J connectivity index is 1.16. The predicted octanol–water partition coefficient (Wildman–Crippen LogP) is 12.6. The maximum absolute atomic E-state index is 5.47. The molecule has 0 fully saturated rings. The van der Waals surface area contributed by atoms with E-state index in [1.165, 1.54) is 33.0 Å². The average molecular weight is 728 g/mol. The van der Waals surface area contributed by atoms with Gasteiger partial charge in [0.05, 0.1) is 27.8 Å². The topological polar surface area (TPSA) is 48.5 Å². The van der Waals surface area contributed by atoms with E-state index in [0.717, 1.165) is 55.2 Å². The summed E-state index contributed by atoms with van der Waals surface area (Å²) in [4.78, 5) is 16.3. The normalized spacial score (nSPS) is 12.5. The number of benzene rings is 8. The van der Waals surface area contributed by atoms with Crippen molar-refractivity contribution < 1.29 is 0 Å². The monoisotopic (exact) mass is 727 g/mol. The van der Waals surface area contributed by atoms with Gasteiger partial charge in [0.15, 0.2) is 11.6 Å². The molecule has 12 rings (SSSR count). The van der Waals surface area contributed by atoms with Crippen molar-refractivity contribution in [3.63, 3.8) is 0 Å². The molecule has 3 heterocycles. The Kier molecular flexibility index (Phi) is 6.92. The van der Waals surface area contributed by atoms with Crippen LogP contribution in [0.4, 0.5) is 0 Å². The highest BCUT2D eigenvalue weighted by Crippen LogP contribution is 2.50. The van der Waals surface area contributed by atoms with E-state index in [9.17, 15) is 0 Å². The van der Waals surface area contributed by atoms with Gasteiger partial charge in [-0.3, -0.25) is 4.57 Å². The van der Waals surface area contributed by atoms with Crippen molar-refractivity contribution in [1.29, 1.82) is 0 Å². The molecule has 8 aromatic carbocycles. The molecule has 0 unspecified atom stereocenters. The molecule has 0 bridgehead atoms. The first-order valence-electron chi connectivity index (χ1n) is 19.4. The molecule has 1 aliphatic rings. The number of para-hydroxylation sites is 5. The van der Waals surface area contributed by atoms with E-state index >= 15 is 0 Å². The van der Waals surface area contributed by atoms with Crippen LogP contribution in [0.2, 0.25) is 0 Å². The van der Waals surface area contributed by atoms with Crippen LogP contribution in [0.25, 0.3) is 89.2 Å². The Morgan fingerprint density at radius 3 is 1.16 bits per heavy atom. The van der Waals surface area contributed by atoms with Gasteiger partial charge in [-0.25, -0.2) is 4.98 Å². The van der Waals surface area contributed by atoms with Crippen LogP contribution in [0.3, 0.4) is 0 Å². The summed E-state index contributed by atoms with van der Waals surface area (Å²) in [6.07, 6.45) is 0. The highest BCUT2D eigenvalue weighted by molar-refractivity contribution is 6.10. The number of nitrogens with zero attached hydrogens (tertiary/aromatic N) is 5. The molecule has 0 radical (unpaired) electrons. The maximum atomic E-state index is 5.47. The minimum atomic E-state index is 0.0235. The van der Waals surface area contributed by atoms with Gasteiger partial charge in [0.1, 0.15) is 0 Å². The number of aromatic nitrogens is 5. The summed E-state index contributed by atoms with van der Waals surface area (Å²) in [5, 5.41) is 4.72. The molecule has 1 aliphatic carbocycles. The first-order chi connectivity index (χ1) is 28.3. The van der Waals surface area contributed by atoms with Gasteiger partial charge in [-0.1, -0.05) is 158 Å². The summed E-state index contributed by atoms with van der Waals surface area (Å²) in [5.41, 5.74) is 13.6. The predicted molar refractivity (Wildman–Crippen MR) is 232 cm³/mol. The van der Waals surface area contributed by atoms with E-state index in [-0.39, 0.29) is 5.92 Å². The molecule has 57 heavy (non-hydrogen) atoms. The highest BCUT2D eigenvalue weighted by atomic mass is 15.2. The fraction of sp³-hybridized carbons (Fsp3) is 0.0192. The summed E-state index contributed by atoms with van der Waals surface area (Å²) in [7, 11) is 0. The second kappa shape index (κ2) is 12.4. The van der Waals surface area contributed by atoms with Crippen molar-refractivity contribution >= 4 is 43.6 Å². The maximum Gasteiger partial charge on any atom is 0.238 e. The molecule has 5 nitrogen and oxygen atoms in total. The van der Waals surface area contributed by atoms with Crippen molar-refractivity contribution in [3.8, 4) is 45.5 Å². The van der Waals surface area contributed by atoms with Crippen LogP contribution in [0.1, 0.15) is 22.6 Å². The second-order valence-electron chi connectivity index (χ2n) is 14.7. The molecule has 3 aromatic heterocycles. The lowest BCUT2D eigenvalue weighted by Crippen LogP contribution is -2.09. The number of rotatable bonds is 5. The average Bonchev–Trinajstić information content (AvgIpc) is 3.92. The summed E-state index contributed by atoms with van der Waals surface area (Å²) in [6.45, 7) is 0. The first kappa shape index (κ1) is 31.7. The van der Waals surface area contributed by atoms with Crippen LogP contribution in [-0.4, -0.2) is 24.1 Å². The van der Waals surface area contributed by atoms with E-state index < -0.39 is 0 Å². The van der Waals surface area contributed by atoms with Gasteiger partial charge >= 0.3 is 0 Å². The van der Waals surface area contributed by atoms with Crippen molar-refractivity contribution in [3.05, 3.63) is 211 Å². The van der Waals surface area contributed by atoms with Crippen LogP contribution >= 0.6 is 0 Å². The number of hydrogen-bond acceptors (Lipinski definition) is 3. The Labute approximate surface area is 328 Å². The Hall–Kier alpha value is -7.63. The Morgan fingerprint density at radius 2 is 0.649 bits per heavy atom. The van der Waals surface area contributed by atoms with Crippen LogP contribution < -0.4 is 0 Å². The van der Waals surface area contributed by atoms with Gasteiger partial charge < -0.3 is 4.57 Å². The van der Waals surface area contributed by atoms with Crippen LogP contribution in [0.5, 0.6) is 0 Å². The van der Waals surface area contributed by atoms with Gasteiger partial charge in [0.25, 0.3) is 0 Å². The van der Waals surface area contributed by atoms with E-state index in [1.807, 2.05) is 0 Å². The fourth-order valence-electron chi connectivity index (χ4n) is 9.33. The molecular weight excluding hydrogens is 695 g/mol. The van der Waals surface area contributed by atoms with Crippen molar-refractivity contribution in [1.82, 2.24) is 24.1 Å². The van der Waals surface area contributed by atoms with E-state index in [1.54, 1.807) is 0 Å². The fourth-order valence-corrected chi connectivity index (χ4v) is 9.33. The molecule has 0 spiro atoms. The molecule has 266 valence electrons. The van der Waals surface area contributed by atoms with E-state index in [4.69, 9.17) is 15.0 Å². The van der Waals surface area contributed by atoms with E-state index in [2.05, 4.69) is 203 Å². The van der Waals surface area contributed by atoms with Crippen molar-refractivity contribution in [2.45, 2.75) is 5.92 Å². The van der Waals surface area contributed by atoms with Crippen LogP contribution in [0.15, 0.2) is 194 Å². The molecule has 5 heteroatoms. The van der Waals surface area contributed by atoms with Crippen LogP contribution in [0, 0.1) is 0 Å². The minimum absolute atomic E-state index is 0.0235. The minimum Gasteiger partial charge on any atom is -0.309 e. The zero-order valence-corrected chi connectivity index (χ0v) is 30.8. The third-order valence-electron chi connectivity index (χ3n) is 11.7. The van der Waals surface area contributed by atoms with Gasteiger partial charge in [-0.15, -0.1) is 0 Å². The Bertz CT molecular complexity index is 3240. The van der Waals surface area contributed by atoms with Crippen molar-refractivity contribution in [2.75, 3.05) is 0 Å². The SMILES string of the molecule is c1ccc(C2c3ccccc3-c3ccccc32)c(-c2nc(-c3ccccc3-n3c4ccccc4c4ccccc43)nc(-n3c4ccccc4c4ccccc43)n2)c1. The van der Waals surface area contributed by atoms with Gasteiger partial charge in [-0.05, 0) is 64.2 Å². The van der Waals surface area contributed by atoms with Crippen LogP contribution in [-0.2, 0) is 0 Å². The van der Waals surface area contributed by atoms with Gasteiger partial charge in [0, 0.05) is 38.6 Å². The Morgan fingerprint density at radius 1 is 0.298 bits per heavy atom. The smallest absolute Gasteiger partial charge is 0.238 e. The molecule has 0 atom stereocenters. The summed E-state index contributed by atoms with van der Waals surface area (Å²) < 4.78 is 4.55. The summed E-state index contributed by atoms with van der Waals surface area (Å²) in [6, 6.07) is 69.0. The molecule has 0 aliphatic heterocycles. The van der Waals surface area contributed by atoms with E-state index in [0.29, 0.717) is 17.6 Å². The molecule has 0 amide bonds. The van der Waals surface area contributed by atoms with Gasteiger partial charge in [0.2, 0.25) is 5.95 Å².